The minimum absolute atomic E-state index is 0.0162. The number of carboxylic acid groups (broad SMARTS) is 2. The molecule has 0 saturated carbocycles. The molecule has 3 aliphatic rings. The molecule has 52 heavy (non-hydrogen) atoms. The van der Waals surface area contributed by atoms with Crippen LogP contribution in [0.4, 0.5) is 10.1 Å². The molecule has 0 bridgehead atoms. The molecule has 3 aromatic carbocycles. The minimum atomic E-state index is -1.16. The zero-order chi connectivity index (χ0) is 37.1. The lowest BCUT2D eigenvalue weighted by Crippen LogP contribution is -2.49. The molecule has 0 spiro atoms. The number of rotatable bonds is 10. The van der Waals surface area contributed by atoms with Crippen molar-refractivity contribution in [3.05, 3.63) is 105 Å². The smallest absolute Gasteiger partial charge is 0.335 e. The summed E-state index contributed by atoms with van der Waals surface area (Å²) in [5.74, 6) is -4.21. The van der Waals surface area contributed by atoms with E-state index in [4.69, 9.17) is 27.3 Å². The van der Waals surface area contributed by atoms with Gasteiger partial charge in [-0.1, -0.05) is 47.1 Å². The van der Waals surface area contributed by atoms with E-state index in [0.717, 1.165) is 16.7 Å². The Kier molecular flexibility index (Phi) is 10.7. The molecule has 3 amide bonds. The van der Waals surface area contributed by atoms with E-state index < -0.39 is 47.8 Å². The molecule has 5 N–H and O–H groups in total. The first-order chi connectivity index (χ1) is 24.9. The van der Waals surface area contributed by atoms with Gasteiger partial charge in [-0.05, 0) is 77.9 Å². The number of aliphatic carboxylic acids is 1. The van der Waals surface area contributed by atoms with E-state index >= 15 is 0 Å². The van der Waals surface area contributed by atoms with Gasteiger partial charge in [-0.15, -0.1) is 0 Å². The van der Waals surface area contributed by atoms with Gasteiger partial charge >= 0.3 is 11.9 Å². The number of benzene rings is 3. The zero-order valence-electron chi connectivity index (χ0n) is 27.8. The quantitative estimate of drug-likeness (QED) is 0.236. The summed E-state index contributed by atoms with van der Waals surface area (Å²) >= 11 is 5.96. The molecule has 3 aromatic rings. The van der Waals surface area contributed by atoms with Crippen molar-refractivity contribution in [2.24, 2.45) is 10.9 Å². The highest BCUT2D eigenvalue weighted by Crippen LogP contribution is 2.38. The topological polar surface area (TPSA) is 192 Å². The third kappa shape index (κ3) is 7.53. The van der Waals surface area contributed by atoms with E-state index in [1.54, 1.807) is 23.1 Å². The molecule has 0 aromatic heterocycles. The molecular weight excluding hydrogens is 697 g/mol. The number of amides is 3. The minimum Gasteiger partial charge on any atom is -0.480 e. The van der Waals surface area contributed by atoms with E-state index in [2.05, 4.69) is 10.5 Å². The van der Waals surface area contributed by atoms with E-state index in [-0.39, 0.29) is 53.6 Å². The van der Waals surface area contributed by atoms with Crippen LogP contribution in [0.3, 0.4) is 0 Å². The Labute approximate surface area is 302 Å². The van der Waals surface area contributed by atoms with Gasteiger partial charge in [0.2, 0.25) is 12.0 Å². The summed E-state index contributed by atoms with van der Waals surface area (Å²) in [6.45, 7) is 0.864. The third-order valence-electron chi connectivity index (χ3n) is 9.45. The van der Waals surface area contributed by atoms with E-state index in [1.807, 2.05) is 12.1 Å². The first kappa shape index (κ1) is 36.2. The van der Waals surface area contributed by atoms with Crippen molar-refractivity contribution in [1.29, 1.82) is 0 Å². The molecule has 3 heterocycles. The lowest BCUT2D eigenvalue weighted by molar-refractivity contribution is -0.148. The average molecular weight is 732 g/mol. The second-order valence-electron chi connectivity index (χ2n) is 12.7. The molecule has 3 atom stereocenters. The Bertz CT molecular complexity index is 2000. The van der Waals surface area contributed by atoms with Crippen LogP contribution in [0, 0.1) is 5.82 Å². The van der Waals surface area contributed by atoms with Crippen LogP contribution >= 0.6 is 11.6 Å². The number of aromatic carboxylic acids is 1. The van der Waals surface area contributed by atoms with Gasteiger partial charge < -0.3 is 35.9 Å². The van der Waals surface area contributed by atoms with Crippen LogP contribution in [0.15, 0.2) is 71.9 Å². The number of nitrogens with one attached hydrogen (secondary N) is 1. The SMILES string of the molecule is N[C@@H](CCC(=O)N1CC=C(c2cccc3c2CCN(C(=O)[C@H]2CC(c4cccc(Cl)c4F)=NO2)[C@@H]3C(=O)Nc2ccc(C(=O)O)cc2)CC1)C(=O)O. The highest BCUT2D eigenvalue weighted by atomic mass is 35.5. The second-order valence-corrected chi connectivity index (χ2v) is 13.1. The van der Waals surface area contributed by atoms with Gasteiger partial charge in [-0.3, -0.25) is 19.2 Å². The van der Waals surface area contributed by atoms with Crippen LogP contribution in [0.25, 0.3) is 5.57 Å². The van der Waals surface area contributed by atoms with Crippen LogP contribution in [0.1, 0.15) is 64.3 Å². The first-order valence-electron chi connectivity index (χ1n) is 16.6. The molecule has 0 fully saturated rings. The number of carbonyl (C=O) groups excluding carboxylic acids is 3. The molecule has 270 valence electrons. The molecule has 0 saturated heterocycles. The normalized spacial score (nSPS) is 18.8. The lowest BCUT2D eigenvalue weighted by atomic mass is 9.84. The molecule has 0 radical (unpaired) electrons. The van der Waals surface area contributed by atoms with Crippen LogP contribution in [0.5, 0.6) is 0 Å². The fourth-order valence-corrected chi connectivity index (χ4v) is 6.85. The van der Waals surface area contributed by atoms with Crippen LogP contribution in [0.2, 0.25) is 5.02 Å². The number of nitrogens with zero attached hydrogens (tertiary/aromatic N) is 3. The van der Waals surface area contributed by atoms with E-state index in [1.165, 1.54) is 41.3 Å². The highest BCUT2D eigenvalue weighted by Gasteiger charge is 2.42. The Hall–Kier alpha value is -5.60. The van der Waals surface area contributed by atoms with Crippen molar-refractivity contribution in [2.45, 2.75) is 50.3 Å². The third-order valence-corrected chi connectivity index (χ3v) is 9.74. The fourth-order valence-electron chi connectivity index (χ4n) is 6.68. The second kappa shape index (κ2) is 15.3. The Morgan fingerprint density at radius 3 is 2.42 bits per heavy atom. The number of carbonyl (C=O) groups is 5. The lowest BCUT2D eigenvalue weighted by Gasteiger charge is -2.38. The number of carboxylic acids is 2. The summed E-state index contributed by atoms with van der Waals surface area (Å²) < 4.78 is 14.8. The number of nitrogens with two attached hydrogens (primary N) is 1. The number of fused-ring (bicyclic) bond motifs is 1. The molecule has 15 heteroatoms. The van der Waals surface area contributed by atoms with Gasteiger partial charge in [0.1, 0.15) is 12.1 Å². The number of oxime groups is 1. The van der Waals surface area contributed by atoms with Crippen LogP contribution in [-0.2, 0) is 30.4 Å². The summed E-state index contributed by atoms with van der Waals surface area (Å²) in [4.78, 5) is 72.0. The first-order valence-corrected chi connectivity index (χ1v) is 17.0. The monoisotopic (exact) mass is 731 g/mol. The summed E-state index contributed by atoms with van der Waals surface area (Å²) in [6.07, 6.45) is 1.72. The summed E-state index contributed by atoms with van der Waals surface area (Å²) in [5.41, 5.74) is 9.54. The van der Waals surface area contributed by atoms with Crippen molar-refractivity contribution < 1.29 is 43.4 Å². The fraction of sp³-hybridized carbons (Fsp3) is 0.297. The Morgan fingerprint density at radius 1 is 1.00 bits per heavy atom. The van der Waals surface area contributed by atoms with Crippen molar-refractivity contribution in [2.75, 3.05) is 25.0 Å². The molecule has 0 aliphatic carbocycles. The average Bonchev–Trinajstić information content (AvgIpc) is 3.64. The van der Waals surface area contributed by atoms with Crippen molar-refractivity contribution in [3.8, 4) is 0 Å². The number of hydrogen-bond donors (Lipinski definition) is 4. The van der Waals surface area contributed by atoms with Gasteiger partial charge in [-0.2, -0.15) is 0 Å². The number of anilines is 1. The van der Waals surface area contributed by atoms with Gasteiger partial charge in [0.25, 0.3) is 11.8 Å². The molecule has 13 nitrogen and oxygen atoms in total. The van der Waals surface area contributed by atoms with Gasteiger partial charge in [0.05, 0.1) is 16.3 Å². The molecule has 3 aliphatic heterocycles. The highest BCUT2D eigenvalue weighted by molar-refractivity contribution is 6.31. The molecule has 0 unspecified atom stereocenters. The summed E-state index contributed by atoms with van der Waals surface area (Å²) in [5, 5.41) is 25.0. The van der Waals surface area contributed by atoms with Crippen molar-refractivity contribution in [1.82, 2.24) is 9.80 Å². The standard InChI is InChI=1S/C37H35ClFN5O8/c38-27-6-2-5-26(32(27)39)29-19-30(52-42-29)35(47)44-18-15-24-23(20-13-16-43(17-14-20)31(45)12-11-28(40)37(50)51)3-1-4-25(24)33(44)34(46)41-22-9-7-21(8-10-22)36(48)49/h1-10,13,28,30,33H,11-12,14-19,40H2,(H,41,46)(H,48,49)(H,50,51)/t28-,30+,33-/m0/s1. The predicted molar refractivity (Wildman–Crippen MR) is 188 cm³/mol. The van der Waals surface area contributed by atoms with E-state index in [9.17, 15) is 33.5 Å². The Morgan fingerprint density at radius 2 is 1.73 bits per heavy atom. The zero-order valence-corrected chi connectivity index (χ0v) is 28.5. The van der Waals surface area contributed by atoms with Crippen molar-refractivity contribution >= 4 is 58.2 Å². The van der Waals surface area contributed by atoms with Crippen molar-refractivity contribution in [3.63, 3.8) is 0 Å². The maximum Gasteiger partial charge on any atom is 0.335 e. The van der Waals surface area contributed by atoms with Gasteiger partial charge in [0, 0.05) is 43.7 Å². The number of hydrogen-bond acceptors (Lipinski definition) is 8. The van der Waals surface area contributed by atoms with Crippen LogP contribution < -0.4 is 11.1 Å². The Balaban J connectivity index is 1.26. The molecular formula is C37H35ClFN5O8. The largest absolute Gasteiger partial charge is 0.480 e. The van der Waals surface area contributed by atoms with E-state index in [0.29, 0.717) is 37.2 Å². The van der Waals surface area contributed by atoms with Gasteiger partial charge in [0.15, 0.2) is 5.82 Å². The van der Waals surface area contributed by atoms with Crippen LogP contribution in [-0.4, -0.2) is 87.2 Å². The number of halogens is 2. The summed E-state index contributed by atoms with van der Waals surface area (Å²) in [7, 11) is 0. The maximum atomic E-state index is 14.8. The molecule has 6 rings (SSSR count). The predicted octanol–water partition coefficient (Wildman–Crippen LogP) is 4.24. The van der Waals surface area contributed by atoms with Gasteiger partial charge in [-0.25, -0.2) is 9.18 Å². The summed E-state index contributed by atoms with van der Waals surface area (Å²) in [6, 6.07) is 13.4. The maximum absolute atomic E-state index is 14.8.